The van der Waals surface area contributed by atoms with Crippen LogP contribution < -0.4 is 20.7 Å². The molecule has 1 aliphatic carbocycles. The van der Waals surface area contributed by atoms with Crippen LogP contribution in [0.1, 0.15) is 54.5 Å². The molecule has 35 heavy (non-hydrogen) atoms. The number of anilines is 1. The van der Waals surface area contributed by atoms with Crippen LogP contribution in [0.4, 0.5) is 18.9 Å². The first-order valence-corrected chi connectivity index (χ1v) is 11.5. The number of halogens is 3. The number of rotatable bonds is 8. The van der Waals surface area contributed by atoms with Crippen LogP contribution in [0.2, 0.25) is 0 Å². The van der Waals surface area contributed by atoms with Crippen LogP contribution in [0, 0.1) is 6.92 Å². The Hall–Kier alpha value is -3.05. The lowest BCUT2D eigenvalue weighted by Gasteiger charge is -2.27. The molecule has 0 bridgehead atoms. The van der Waals surface area contributed by atoms with Gasteiger partial charge in [-0.1, -0.05) is 12.1 Å². The molecule has 1 aromatic heterocycles. The highest BCUT2D eigenvalue weighted by atomic mass is 19.4. The number of aliphatic imine (C=N–C) groups is 1. The van der Waals surface area contributed by atoms with Gasteiger partial charge in [-0.05, 0) is 57.7 Å². The molecule has 1 saturated carbocycles. The zero-order valence-corrected chi connectivity index (χ0v) is 20.0. The number of ether oxygens (including phenoxy) is 2. The van der Waals surface area contributed by atoms with Crippen LogP contribution in [0.3, 0.4) is 0 Å². The standard InChI is InChI=1S/C24H31F3N4O4/c1-4-34-14-28-16-9-11-17(12-10-16)29-23(30-19-7-5-6-8-20(19)33-3)31-22(32)18-13-15(2)35-21(18)24(25,26)27/h5-8,13,16-17,28H,4,9-12,14H2,1-3H3,(H2,29,30,31,32). The molecule has 2 aromatic rings. The van der Waals surface area contributed by atoms with Gasteiger partial charge in [0.15, 0.2) is 0 Å². The topological polar surface area (TPSA) is 97.1 Å². The Bertz CT molecular complexity index is 1010. The maximum Gasteiger partial charge on any atom is 0.450 e. The summed E-state index contributed by atoms with van der Waals surface area (Å²) >= 11 is 0. The fourth-order valence-electron chi connectivity index (χ4n) is 3.91. The lowest BCUT2D eigenvalue weighted by molar-refractivity contribution is -0.153. The van der Waals surface area contributed by atoms with E-state index in [1.54, 1.807) is 24.3 Å². The Morgan fingerprint density at radius 2 is 1.91 bits per heavy atom. The summed E-state index contributed by atoms with van der Waals surface area (Å²) in [5.74, 6) is -1.80. The van der Waals surface area contributed by atoms with Crippen LogP contribution in [-0.2, 0) is 10.9 Å². The van der Waals surface area contributed by atoms with E-state index in [4.69, 9.17) is 13.9 Å². The van der Waals surface area contributed by atoms with Crippen LogP contribution in [0.15, 0.2) is 39.7 Å². The molecule has 1 amide bonds. The van der Waals surface area contributed by atoms with Gasteiger partial charge >= 0.3 is 6.18 Å². The first kappa shape index (κ1) is 26.6. The number of nitrogens with zero attached hydrogens (tertiary/aromatic N) is 1. The Morgan fingerprint density at radius 1 is 1.20 bits per heavy atom. The van der Waals surface area contributed by atoms with Gasteiger partial charge in [0.25, 0.3) is 5.91 Å². The molecule has 1 aromatic carbocycles. The number of carbonyl (C=O) groups excluding carboxylic acids is 1. The van der Waals surface area contributed by atoms with Gasteiger partial charge in [0.1, 0.15) is 11.5 Å². The molecule has 3 rings (SSSR count). The summed E-state index contributed by atoms with van der Waals surface area (Å²) in [6.45, 7) is 4.40. The van der Waals surface area contributed by atoms with E-state index in [1.165, 1.54) is 14.0 Å². The number of methoxy groups -OCH3 is 1. The van der Waals surface area contributed by atoms with E-state index >= 15 is 0 Å². The number of aryl methyl sites for hydroxylation is 1. The first-order valence-electron chi connectivity index (χ1n) is 11.5. The van der Waals surface area contributed by atoms with Crippen LogP contribution >= 0.6 is 0 Å². The fourth-order valence-corrected chi connectivity index (χ4v) is 3.91. The molecule has 1 aliphatic rings. The van der Waals surface area contributed by atoms with Gasteiger partial charge in [0.05, 0.1) is 31.1 Å². The highest BCUT2D eigenvalue weighted by Gasteiger charge is 2.40. The molecule has 0 atom stereocenters. The normalized spacial score (nSPS) is 18.9. The molecule has 0 aliphatic heterocycles. The summed E-state index contributed by atoms with van der Waals surface area (Å²) in [6.07, 6.45) is -1.60. The molecule has 0 spiro atoms. The van der Waals surface area contributed by atoms with Crippen molar-refractivity contribution in [3.8, 4) is 5.75 Å². The van der Waals surface area contributed by atoms with E-state index in [9.17, 15) is 18.0 Å². The third kappa shape index (κ3) is 7.46. The number of benzene rings is 1. The summed E-state index contributed by atoms with van der Waals surface area (Å²) in [5, 5.41) is 8.86. The van der Waals surface area contributed by atoms with Gasteiger partial charge < -0.3 is 19.2 Å². The zero-order chi connectivity index (χ0) is 25.4. The second-order valence-electron chi connectivity index (χ2n) is 8.20. The van der Waals surface area contributed by atoms with Gasteiger partial charge in [-0.2, -0.15) is 13.2 Å². The lowest BCUT2D eigenvalue weighted by atomic mass is 9.92. The minimum absolute atomic E-state index is 0.0171. The summed E-state index contributed by atoms with van der Waals surface area (Å²) in [4.78, 5) is 17.5. The molecule has 192 valence electrons. The van der Waals surface area contributed by atoms with Crippen LogP contribution in [0.5, 0.6) is 5.75 Å². The van der Waals surface area contributed by atoms with Gasteiger partial charge in [-0.15, -0.1) is 0 Å². The average Bonchev–Trinajstić information content (AvgIpc) is 3.23. The minimum atomic E-state index is -4.80. The Morgan fingerprint density at radius 3 is 2.57 bits per heavy atom. The largest absolute Gasteiger partial charge is 0.495 e. The molecular formula is C24H31F3N4O4. The number of hydrogen-bond acceptors (Lipinski definition) is 6. The molecule has 11 heteroatoms. The molecular weight excluding hydrogens is 465 g/mol. The zero-order valence-electron chi connectivity index (χ0n) is 20.0. The third-order valence-corrected chi connectivity index (χ3v) is 5.64. The summed E-state index contributed by atoms with van der Waals surface area (Å²) < 4.78 is 55.6. The van der Waals surface area contributed by atoms with Crippen molar-refractivity contribution >= 4 is 17.6 Å². The highest BCUT2D eigenvalue weighted by molar-refractivity contribution is 6.10. The first-order chi connectivity index (χ1) is 16.7. The van der Waals surface area contributed by atoms with Gasteiger partial charge in [-0.3, -0.25) is 15.4 Å². The van der Waals surface area contributed by atoms with Crippen molar-refractivity contribution in [3.05, 3.63) is 47.4 Å². The second kappa shape index (κ2) is 12.1. The summed E-state index contributed by atoms with van der Waals surface area (Å²) in [5.41, 5.74) is -0.0890. The van der Waals surface area contributed by atoms with Crippen molar-refractivity contribution in [2.45, 2.75) is 57.8 Å². The summed E-state index contributed by atoms with van der Waals surface area (Å²) in [6, 6.07) is 8.23. The van der Waals surface area contributed by atoms with Crippen LogP contribution in [-0.4, -0.2) is 44.4 Å². The smallest absolute Gasteiger partial charge is 0.450 e. The van der Waals surface area contributed by atoms with Gasteiger partial charge in [0, 0.05) is 12.6 Å². The number of nitrogens with one attached hydrogen (secondary N) is 3. The molecule has 1 heterocycles. The number of hydrogen-bond donors (Lipinski definition) is 3. The fraction of sp³-hybridized carbons (Fsp3) is 0.500. The van der Waals surface area contributed by atoms with E-state index in [2.05, 4.69) is 20.9 Å². The third-order valence-electron chi connectivity index (χ3n) is 5.64. The number of para-hydroxylation sites is 2. The van der Waals surface area contributed by atoms with Crippen molar-refractivity contribution < 1.29 is 31.9 Å². The number of amides is 1. The molecule has 0 radical (unpaired) electrons. The van der Waals surface area contributed by atoms with Gasteiger partial charge in [-0.25, -0.2) is 4.99 Å². The lowest BCUT2D eigenvalue weighted by Crippen LogP contribution is -2.39. The predicted octanol–water partition coefficient (Wildman–Crippen LogP) is 4.71. The summed E-state index contributed by atoms with van der Waals surface area (Å²) in [7, 11) is 1.50. The van der Waals surface area contributed by atoms with Crippen molar-refractivity contribution in [1.29, 1.82) is 0 Å². The molecule has 0 unspecified atom stereocenters. The average molecular weight is 497 g/mol. The molecule has 8 nitrogen and oxygen atoms in total. The maximum absolute atomic E-state index is 13.4. The number of furan rings is 1. The van der Waals surface area contributed by atoms with Crippen LogP contribution in [0.25, 0.3) is 0 Å². The molecule has 3 N–H and O–H groups in total. The number of guanidine groups is 1. The Labute approximate surface area is 202 Å². The van der Waals surface area contributed by atoms with E-state index in [1.807, 2.05) is 6.92 Å². The van der Waals surface area contributed by atoms with Crippen molar-refractivity contribution in [2.24, 2.45) is 4.99 Å². The van der Waals surface area contributed by atoms with Crippen molar-refractivity contribution in [1.82, 2.24) is 10.6 Å². The van der Waals surface area contributed by atoms with Crippen molar-refractivity contribution in [3.63, 3.8) is 0 Å². The number of carbonyl (C=O) groups is 1. The van der Waals surface area contributed by atoms with Crippen molar-refractivity contribution in [2.75, 3.05) is 25.8 Å². The SMILES string of the molecule is CCOCNC1CCC(N=C(NC(=O)c2cc(C)oc2C(F)(F)F)Nc2ccccc2OC)CC1. The Kier molecular flexibility index (Phi) is 9.16. The monoisotopic (exact) mass is 496 g/mol. The highest BCUT2D eigenvalue weighted by Crippen LogP contribution is 2.34. The van der Waals surface area contributed by atoms with E-state index in [0.29, 0.717) is 30.8 Å². The Balaban J connectivity index is 1.79. The predicted molar refractivity (Wildman–Crippen MR) is 126 cm³/mol. The second-order valence-corrected chi connectivity index (χ2v) is 8.20. The number of alkyl halides is 3. The molecule has 1 fully saturated rings. The molecule has 0 saturated heterocycles. The minimum Gasteiger partial charge on any atom is -0.495 e. The maximum atomic E-state index is 13.4. The quantitative estimate of drug-likeness (QED) is 0.212. The van der Waals surface area contributed by atoms with Gasteiger partial charge in [0.2, 0.25) is 11.7 Å². The van der Waals surface area contributed by atoms with E-state index < -0.39 is 23.4 Å². The van der Waals surface area contributed by atoms with E-state index in [-0.39, 0.29) is 17.8 Å². The van der Waals surface area contributed by atoms with E-state index in [0.717, 1.165) is 31.7 Å².